The molecular formula is C20H21N8O4S2+. The average molecular weight is 502 g/mol. The fourth-order valence-corrected chi connectivity index (χ4v) is 4.63. The van der Waals surface area contributed by atoms with Crippen LogP contribution in [-0.4, -0.2) is 48.8 Å². The molecule has 14 heteroatoms. The van der Waals surface area contributed by atoms with Crippen molar-refractivity contribution in [3.8, 4) is 11.4 Å². The monoisotopic (exact) mass is 501 g/mol. The van der Waals surface area contributed by atoms with Crippen molar-refractivity contribution in [2.24, 2.45) is 0 Å². The molecule has 0 bridgehead atoms. The number of H-pyrrole nitrogens is 1. The summed E-state index contributed by atoms with van der Waals surface area (Å²) in [6.45, 7) is 3.80. The van der Waals surface area contributed by atoms with E-state index in [9.17, 15) is 9.59 Å². The third-order valence-electron chi connectivity index (χ3n) is 4.60. The van der Waals surface area contributed by atoms with E-state index in [1.54, 1.807) is 31.4 Å². The summed E-state index contributed by atoms with van der Waals surface area (Å²) in [4.78, 5) is 33.8. The number of nitrogen functional groups attached to an aromatic ring is 1. The van der Waals surface area contributed by atoms with Crippen molar-refractivity contribution in [2.75, 3.05) is 18.7 Å². The van der Waals surface area contributed by atoms with Crippen molar-refractivity contribution >= 4 is 29.3 Å². The van der Waals surface area contributed by atoms with Gasteiger partial charge >= 0.3 is 11.3 Å². The molecule has 0 aliphatic heterocycles. The van der Waals surface area contributed by atoms with E-state index in [0.717, 1.165) is 23.1 Å². The summed E-state index contributed by atoms with van der Waals surface area (Å²) in [6.07, 6.45) is 0. The molecule has 3 N–H and O–H groups in total. The van der Waals surface area contributed by atoms with Gasteiger partial charge in [0.2, 0.25) is 16.6 Å². The van der Waals surface area contributed by atoms with Crippen molar-refractivity contribution in [3.63, 3.8) is 0 Å². The van der Waals surface area contributed by atoms with Gasteiger partial charge < -0.3 is 10.6 Å². The molecule has 1 aromatic carbocycles. The molecule has 0 aliphatic rings. The van der Waals surface area contributed by atoms with Crippen LogP contribution in [0.3, 0.4) is 0 Å². The highest BCUT2D eigenvalue weighted by Gasteiger charge is 2.31. The molecule has 0 atom stereocenters. The van der Waals surface area contributed by atoms with E-state index in [2.05, 4.69) is 25.4 Å². The molecule has 176 valence electrons. The Bertz CT molecular complexity index is 1360. The Morgan fingerprint density at radius 2 is 1.88 bits per heavy atom. The number of thioether (sulfide) groups is 2. The molecule has 0 spiro atoms. The standard InChI is InChI=1S/C20H20N8O4S2/c1-11-8-12(2)23-19(22-11)33-10-16-24-25-20(27(16)21)34-9-15(29)17-18(30)32-26-28(17)13-4-6-14(31-3)7-5-13/h4-8H,9-10,21H2,1-3H3/p+1. The molecule has 0 unspecified atom stereocenters. The summed E-state index contributed by atoms with van der Waals surface area (Å²) in [7, 11) is 1.55. The number of aryl methyl sites for hydroxylation is 2. The zero-order chi connectivity index (χ0) is 24.2. The molecule has 0 amide bonds. The number of aromatic nitrogens is 7. The molecule has 3 heterocycles. The number of ether oxygens (including phenoxy) is 1. The van der Waals surface area contributed by atoms with Gasteiger partial charge in [0, 0.05) is 23.5 Å². The number of methoxy groups -OCH3 is 1. The number of ketones is 1. The van der Waals surface area contributed by atoms with Gasteiger partial charge in [-0.15, -0.1) is 10.2 Å². The zero-order valence-corrected chi connectivity index (χ0v) is 20.1. The van der Waals surface area contributed by atoms with Gasteiger partial charge in [-0.2, -0.15) is 0 Å². The summed E-state index contributed by atoms with van der Waals surface area (Å²) in [5.74, 6) is 7.09. The van der Waals surface area contributed by atoms with Gasteiger partial charge in [-0.25, -0.2) is 19.4 Å². The normalized spacial score (nSPS) is 11.0. The van der Waals surface area contributed by atoms with Crippen molar-refractivity contribution in [1.29, 1.82) is 0 Å². The second-order valence-electron chi connectivity index (χ2n) is 7.07. The minimum absolute atomic E-state index is 0.0958. The van der Waals surface area contributed by atoms with E-state index in [1.807, 2.05) is 19.9 Å². The number of nitrogens with two attached hydrogens (primary N) is 1. The van der Waals surface area contributed by atoms with Crippen molar-refractivity contribution in [1.82, 2.24) is 30.1 Å². The molecule has 0 saturated carbocycles. The lowest BCUT2D eigenvalue weighted by Crippen LogP contribution is -2.41. The molecule has 0 radical (unpaired) electrons. The Hall–Kier alpha value is -3.65. The minimum Gasteiger partial charge on any atom is -0.497 e. The van der Waals surface area contributed by atoms with Crippen LogP contribution in [0, 0.1) is 13.8 Å². The maximum atomic E-state index is 12.8. The number of carbonyl (C=O) groups is 1. The molecule has 0 saturated heterocycles. The predicted octanol–water partition coefficient (Wildman–Crippen LogP) is 1.23. The third kappa shape index (κ3) is 5.12. The SMILES string of the molecule is COc1ccc(-[n+]2[nH]oc(=O)c2C(=O)CSc2nnc(CSc3nc(C)cc(C)n3)n2N)cc1. The lowest BCUT2D eigenvalue weighted by atomic mass is 10.2. The third-order valence-corrected chi connectivity index (χ3v) is 6.39. The quantitative estimate of drug-likeness (QED) is 0.112. The number of benzene rings is 1. The first-order valence-corrected chi connectivity index (χ1v) is 11.9. The molecule has 3 aromatic heterocycles. The van der Waals surface area contributed by atoms with E-state index in [-0.39, 0.29) is 11.4 Å². The number of rotatable bonds is 9. The molecular weight excluding hydrogens is 480 g/mol. The fraction of sp³-hybridized carbons (Fsp3) is 0.250. The summed E-state index contributed by atoms with van der Waals surface area (Å²) in [5, 5.41) is 11.5. The average Bonchev–Trinajstić information content (AvgIpc) is 3.37. The highest BCUT2D eigenvalue weighted by molar-refractivity contribution is 7.99. The van der Waals surface area contributed by atoms with E-state index < -0.39 is 11.4 Å². The van der Waals surface area contributed by atoms with Crippen LogP contribution in [0.25, 0.3) is 5.69 Å². The largest absolute Gasteiger partial charge is 0.497 e. The van der Waals surface area contributed by atoms with E-state index in [1.165, 1.54) is 21.1 Å². The number of hydrogen-bond donors (Lipinski definition) is 2. The number of carbonyl (C=O) groups excluding carboxylic acids is 1. The van der Waals surface area contributed by atoms with Crippen LogP contribution in [0.5, 0.6) is 5.75 Å². The van der Waals surface area contributed by atoms with Crippen LogP contribution in [0.15, 0.2) is 50.0 Å². The minimum atomic E-state index is -0.777. The Balaban J connectivity index is 1.43. The fourth-order valence-electron chi connectivity index (χ4n) is 3.01. The number of Topliss-reactive ketones (excluding diaryl/α,β-unsaturated/α-hetero) is 1. The first-order chi connectivity index (χ1) is 16.4. The Morgan fingerprint density at radius 3 is 2.56 bits per heavy atom. The summed E-state index contributed by atoms with van der Waals surface area (Å²) in [6, 6.07) is 8.68. The number of aromatic amines is 1. The smallest absolute Gasteiger partial charge is 0.438 e. The van der Waals surface area contributed by atoms with Gasteiger partial charge in [-0.1, -0.05) is 23.5 Å². The van der Waals surface area contributed by atoms with Gasteiger partial charge in [0.25, 0.3) is 0 Å². The molecule has 0 fully saturated rings. The van der Waals surface area contributed by atoms with Crippen LogP contribution < -0.4 is 20.9 Å². The van der Waals surface area contributed by atoms with Gasteiger partial charge in [0.15, 0.2) is 11.0 Å². The number of nitrogens with zero attached hydrogens (tertiary/aromatic N) is 6. The lowest BCUT2D eigenvalue weighted by molar-refractivity contribution is -0.672. The Labute approximate surface area is 201 Å². The predicted molar refractivity (Wildman–Crippen MR) is 124 cm³/mol. The topological polar surface area (TPSA) is 159 Å². The van der Waals surface area contributed by atoms with Crippen molar-refractivity contribution < 1.29 is 18.7 Å². The lowest BCUT2D eigenvalue weighted by Gasteiger charge is -2.04. The molecule has 4 aromatic rings. The maximum Gasteiger partial charge on any atom is 0.438 e. The molecule has 12 nitrogen and oxygen atoms in total. The Morgan fingerprint density at radius 1 is 1.18 bits per heavy atom. The van der Waals surface area contributed by atoms with E-state index in [4.69, 9.17) is 15.1 Å². The van der Waals surface area contributed by atoms with Crippen molar-refractivity contribution in [2.45, 2.75) is 29.9 Å². The summed E-state index contributed by atoms with van der Waals surface area (Å²) < 4.78 is 12.6. The first kappa shape index (κ1) is 23.5. The van der Waals surface area contributed by atoms with Crippen LogP contribution in [-0.2, 0) is 5.75 Å². The van der Waals surface area contributed by atoms with Crippen LogP contribution in [0.4, 0.5) is 0 Å². The molecule has 34 heavy (non-hydrogen) atoms. The van der Waals surface area contributed by atoms with Crippen LogP contribution >= 0.6 is 23.5 Å². The Kier molecular flexibility index (Phi) is 6.98. The van der Waals surface area contributed by atoms with Gasteiger partial charge in [-0.3, -0.25) is 9.32 Å². The van der Waals surface area contributed by atoms with Gasteiger partial charge in [0.05, 0.1) is 18.6 Å². The maximum absolute atomic E-state index is 12.8. The van der Waals surface area contributed by atoms with E-state index in [0.29, 0.717) is 33.3 Å². The first-order valence-electron chi connectivity index (χ1n) is 9.94. The second-order valence-corrected chi connectivity index (χ2v) is 8.95. The van der Waals surface area contributed by atoms with E-state index >= 15 is 0 Å². The second kappa shape index (κ2) is 10.1. The van der Waals surface area contributed by atoms with Gasteiger partial charge in [0.1, 0.15) is 5.75 Å². The van der Waals surface area contributed by atoms with Gasteiger partial charge in [-0.05, 0) is 42.0 Å². The number of hydrogen-bond acceptors (Lipinski definition) is 11. The number of nitrogens with one attached hydrogen (secondary N) is 1. The molecule has 4 rings (SSSR count). The summed E-state index contributed by atoms with van der Waals surface area (Å²) in [5.41, 5.74) is 1.36. The zero-order valence-electron chi connectivity index (χ0n) is 18.5. The van der Waals surface area contributed by atoms with Crippen LogP contribution in [0.1, 0.15) is 27.7 Å². The van der Waals surface area contributed by atoms with Crippen LogP contribution in [0.2, 0.25) is 0 Å². The highest BCUT2D eigenvalue weighted by atomic mass is 32.2. The summed E-state index contributed by atoms with van der Waals surface area (Å²) >= 11 is 2.45. The van der Waals surface area contributed by atoms with Crippen molar-refractivity contribution in [3.05, 3.63) is 63.7 Å². The highest BCUT2D eigenvalue weighted by Crippen LogP contribution is 2.21. The molecule has 0 aliphatic carbocycles.